The summed E-state index contributed by atoms with van der Waals surface area (Å²) < 4.78 is 10.5. The van der Waals surface area contributed by atoms with Crippen LogP contribution in [-0.2, 0) is 9.53 Å². The quantitative estimate of drug-likeness (QED) is 0.620. The van der Waals surface area contributed by atoms with Gasteiger partial charge in [-0.2, -0.15) is 0 Å². The van der Waals surface area contributed by atoms with Crippen LogP contribution in [0.3, 0.4) is 0 Å². The zero-order valence-electron chi connectivity index (χ0n) is 14.2. The van der Waals surface area contributed by atoms with Crippen LogP contribution in [0.15, 0.2) is 52.9 Å². The van der Waals surface area contributed by atoms with E-state index in [2.05, 4.69) is 10.3 Å². The largest absolute Gasteiger partial charge is 0.451 e. The van der Waals surface area contributed by atoms with Crippen molar-refractivity contribution in [2.45, 2.75) is 6.92 Å². The normalized spacial score (nSPS) is 10.5. The van der Waals surface area contributed by atoms with Crippen LogP contribution in [0, 0.1) is 6.92 Å². The molecule has 0 atom stereocenters. The highest BCUT2D eigenvalue weighted by atomic mass is 35.5. The van der Waals surface area contributed by atoms with Gasteiger partial charge in [0.2, 0.25) is 5.89 Å². The van der Waals surface area contributed by atoms with Crippen molar-refractivity contribution in [2.24, 2.45) is 0 Å². The number of hydrogen-bond acceptors (Lipinski definition) is 5. The molecule has 2 aromatic carbocycles. The maximum absolute atomic E-state index is 12.2. The summed E-state index contributed by atoms with van der Waals surface area (Å²) >= 11 is 11.7. The summed E-state index contributed by atoms with van der Waals surface area (Å²) in [7, 11) is 0. The molecule has 0 saturated carbocycles. The zero-order chi connectivity index (χ0) is 19.4. The molecule has 0 saturated heterocycles. The van der Waals surface area contributed by atoms with Crippen molar-refractivity contribution in [2.75, 3.05) is 11.9 Å². The monoisotopic (exact) mass is 404 g/mol. The SMILES string of the molecule is Cc1oc(-c2ccccc2)nc1C(=O)OCC(=O)Nc1ccc(Cl)c(Cl)c1. The molecule has 3 rings (SSSR count). The number of benzene rings is 2. The average Bonchev–Trinajstić information content (AvgIpc) is 3.05. The molecule has 1 heterocycles. The van der Waals surface area contributed by atoms with E-state index in [1.54, 1.807) is 19.1 Å². The highest BCUT2D eigenvalue weighted by molar-refractivity contribution is 6.42. The molecule has 0 unspecified atom stereocenters. The van der Waals surface area contributed by atoms with E-state index in [0.717, 1.165) is 5.56 Å². The highest BCUT2D eigenvalue weighted by Crippen LogP contribution is 2.25. The van der Waals surface area contributed by atoms with Gasteiger partial charge in [-0.25, -0.2) is 9.78 Å². The van der Waals surface area contributed by atoms with Gasteiger partial charge in [0.1, 0.15) is 5.76 Å². The number of halogens is 2. The number of carbonyl (C=O) groups is 2. The van der Waals surface area contributed by atoms with Crippen molar-refractivity contribution in [3.05, 3.63) is 70.0 Å². The smallest absolute Gasteiger partial charge is 0.361 e. The number of amides is 1. The van der Waals surface area contributed by atoms with E-state index >= 15 is 0 Å². The van der Waals surface area contributed by atoms with Gasteiger partial charge in [-0.3, -0.25) is 4.79 Å². The Morgan fingerprint density at radius 1 is 1.11 bits per heavy atom. The fraction of sp³-hybridized carbons (Fsp3) is 0.105. The Hall–Kier alpha value is -2.83. The number of hydrogen-bond donors (Lipinski definition) is 1. The lowest BCUT2D eigenvalue weighted by Gasteiger charge is -2.06. The fourth-order valence-corrected chi connectivity index (χ4v) is 2.56. The molecule has 0 bridgehead atoms. The van der Waals surface area contributed by atoms with Gasteiger partial charge >= 0.3 is 5.97 Å². The molecule has 6 nitrogen and oxygen atoms in total. The van der Waals surface area contributed by atoms with E-state index < -0.39 is 18.5 Å². The molecule has 0 spiro atoms. The third-order valence-corrected chi connectivity index (χ3v) is 4.29. The number of carbonyl (C=O) groups excluding carboxylic acids is 2. The van der Waals surface area contributed by atoms with Gasteiger partial charge in [-0.15, -0.1) is 0 Å². The molecule has 3 aromatic rings. The van der Waals surface area contributed by atoms with Gasteiger partial charge in [0.15, 0.2) is 12.3 Å². The molecule has 0 aliphatic rings. The predicted octanol–water partition coefficient (Wildman–Crippen LogP) is 4.75. The molecule has 138 valence electrons. The molecule has 0 aliphatic carbocycles. The maximum atomic E-state index is 12.2. The molecule has 27 heavy (non-hydrogen) atoms. The number of anilines is 1. The Bertz CT molecular complexity index is 987. The maximum Gasteiger partial charge on any atom is 0.361 e. The summed E-state index contributed by atoms with van der Waals surface area (Å²) in [4.78, 5) is 28.3. The summed E-state index contributed by atoms with van der Waals surface area (Å²) in [5.41, 5.74) is 1.20. The molecular formula is C19H14Cl2N2O4. The number of ether oxygens (including phenoxy) is 1. The molecule has 1 amide bonds. The van der Waals surface area contributed by atoms with Gasteiger partial charge < -0.3 is 14.5 Å². The predicted molar refractivity (Wildman–Crippen MR) is 102 cm³/mol. The molecule has 8 heteroatoms. The van der Waals surface area contributed by atoms with Crippen LogP contribution in [0.4, 0.5) is 5.69 Å². The number of esters is 1. The van der Waals surface area contributed by atoms with E-state index in [1.165, 1.54) is 6.07 Å². The highest BCUT2D eigenvalue weighted by Gasteiger charge is 2.20. The second-order valence-corrected chi connectivity index (χ2v) is 6.36. The second kappa shape index (κ2) is 8.24. The summed E-state index contributed by atoms with van der Waals surface area (Å²) in [6, 6.07) is 13.8. The number of aromatic nitrogens is 1. The third-order valence-electron chi connectivity index (χ3n) is 3.55. The number of aryl methyl sites for hydroxylation is 1. The van der Waals surface area contributed by atoms with Crippen LogP contribution in [0.2, 0.25) is 10.0 Å². The Labute approximate surface area is 165 Å². The second-order valence-electron chi connectivity index (χ2n) is 5.54. The van der Waals surface area contributed by atoms with Gasteiger partial charge in [-0.05, 0) is 37.3 Å². The number of rotatable bonds is 5. The number of nitrogens with zero attached hydrogens (tertiary/aromatic N) is 1. The van der Waals surface area contributed by atoms with Crippen molar-refractivity contribution in [1.82, 2.24) is 4.98 Å². The Morgan fingerprint density at radius 2 is 1.85 bits per heavy atom. The standard InChI is InChI=1S/C19H14Cl2N2O4/c1-11-17(23-18(27-11)12-5-3-2-4-6-12)19(25)26-10-16(24)22-13-7-8-14(20)15(21)9-13/h2-9H,10H2,1H3,(H,22,24). The van der Waals surface area contributed by atoms with Crippen LogP contribution in [0.25, 0.3) is 11.5 Å². The van der Waals surface area contributed by atoms with Crippen molar-refractivity contribution >= 4 is 40.8 Å². The first kappa shape index (κ1) is 18.9. The molecule has 1 aromatic heterocycles. The van der Waals surface area contributed by atoms with Crippen molar-refractivity contribution in [1.29, 1.82) is 0 Å². The topological polar surface area (TPSA) is 81.4 Å². The molecule has 1 N–H and O–H groups in total. The lowest BCUT2D eigenvalue weighted by Crippen LogP contribution is -2.21. The Kier molecular flexibility index (Phi) is 5.78. The summed E-state index contributed by atoms with van der Waals surface area (Å²) in [6.07, 6.45) is 0. The molecular weight excluding hydrogens is 391 g/mol. The zero-order valence-corrected chi connectivity index (χ0v) is 15.7. The van der Waals surface area contributed by atoms with Crippen molar-refractivity contribution in [3.63, 3.8) is 0 Å². The van der Waals surface area contributed by atoms with E-state index in [1.807, 2.05) is 30.3 Å². The summed E-state index contributed by atoms with van der Waals surface area (Å²) in [6.45, 7) is 1.12. The van der Waals surface area contributed by atoms with Crippen LogP contribution < -0.4 is 5.32 Å². The van der Waals surface area contributed by atoms with Gasteiger partial charge in [0.25, 0.3) is 5.91 Å². The minimum atomic E-state index is -0.747. The summed E-state index contributed by atoms with van der Waals surface area (Å²) in [5.74, 6) is -0.655. The molecule has 0 radical (unpaired) electrons. The van der Waals surface area contributed by atoms with Gasteiger partial charge in [0, 0.05) is 11.3 Å². The lowest BCUT2D eigenvalue weighted by atomic mass is 10.2. The minimum Gasteiger partial charge on any atom is -0.451 e. The van der Waals surface area contributed by atoms with Crippen LogP contribution in [-0.4, -0.2) is 23.5 Å². The summed E-state index contributed by atoms with van der Waals surface area (Å²) in [5, 5.41) is 3.24. The van der Waals surface area contributed by atoms with E-state index in [-0.39, 0.29) is 5.69 Å². The van der Waals surface area contributed by atoms with Crippen LogP contribution in [0.5, 0.6) is 0 Å². The fourth-order valence-electron chi connectivity index (χ4n) is 2.26. The lowest BCUT2D eigenvalue weighted by molar-refractivity contribution is -0.119. The van der Waals surface area contributed by atoms with E-state index in [4.69, 9.17) is 32.4 Å². The third kappa shape index (κ3) is 4.67. The average molecular weight is 405 g/mol. The van der Waals surface area contributed by atoms with Crippen LogP contribution in [0.1, 0.15) is 16.2 Å². The van der Waals surface area contributed by atoms with Crippen LogP contribution >= 0.6 is 23.2 Å². The van der Waals surface area contributed by atoms with Gasteiger partial charge in [-0.1, -0.05) is 41.4 Å². The van der Waals surface area contributed by atoms with Gasteiger partial charge in [0.05, 0.1) is 10.0 Å². The first-order chi connectivity index (χ1) is 12.9. The number of oxazole rings is 1. The first-order valence-corrected chi connectivity index (χ1v) is 8.64. The van der Waals surface area contributed by atoms with E-state index in [9.17, 15) is 9.59 Å². The van der Waals surface area contributed by atoms with Crippen molar-refractivity contribution < 1.29 is 18.7 Å². The van der Waals surface area contributed by atoms with E-state index in [0.29, 0.717) is 27.4 Å². The Balaban J connectivity index is 1.61. The number of nitrogens with one attached hydrogen (secondary N) is 1. The Morgan fingerprint density at radius 3 is 2.56 bits per heavy atom. The molecule has 0 aliphatic heterocycles. The minimum absolute atomic E-state index is 0.0243. The molecule has 0 fully saturated rings. The van der Waals surface area contributed by atoms with Crippen molar-refractivity contribution in [3.8, 4) is 11.5 Å². The first-order valence-electron chi connectivity index (χ1n) is 7.89.